The summed E-state index contributed by atoms with van der Waals surface area (Å²) < 4.78 is 21.6. The van der Waals surface area contributed by atoms with Crippen molar-refractivity contribution in [3.63, 3.8) is 0 Å². The van der Waals surface area contributed by atoms with E-state index in [4.69, 9.17) is 9.84 Å². The largest absolute Gasteiger partial charge is 0.495 e. The van der Waals surface area contributed by atoms with E-state index in [9.17, 15) is 9.65 Å². The van der Waals surface area contributed by atoms with Crippen LogP contribution in [0, 0.1) is 11.3 Å². The molecule has 0 spiro atoms. The van der Waals surface area contributed by atoms with Crippen molar-refractivity contribution < 1.29 is 9.13 Å². The molecule has 5 rings (SSSR count). The zero-order chi connectivity index (χ0) is 20.7. The highest BCUT2D eigenvalue weighted by molar-refractivity contribution is 5.65. The maximum absolute atomic E-state index is 14.3. The van der Waals surface area contributed by atoms with E-state index < -0.39 is 12.2 Å². The fraction of sp³-hybridized carbons (Fsp3) is 0.429. The van der Waals surface area contributed by atoms with Crippen molar-refractivity contribution in [2.75, 3.05) is 25.5 Å². The Kier molecular flexibility index (Phi) is 4.71. The van der Waals surface area contributed by atoms with E-state index in [-0.39, 0.29) is 0 Å². The minimum atomic E-state index is -0.991. The smallest absolute Gasteiger partial charge is 0.157 e. The summed E-state index contributed by atoms with van der Waals surface area (Å²) in [7, 11) is 1.64. The number of methoxy groups -OCH3 is 1. The number of imidazole rings is 1. The number of halogens is 1. The molecular formula is C21H22FN7O. The standard InChI is InChI=1S/C21H22FN7O/c1-30-18-8-19-25-11-17(29(19)28-20(18)12-2-3-12)15-5-4-13(9-23)21(26-15)27-16-10-24-7-6-14(16)22/h4-5,8,11-12,14,16,24H,2-3,6-7,10H2,1H3,(H,26,27). The summed E-state index contributed by atoms with van der Waals surface area (Å²) in [5, 5.41) is 20.6. The highest BCUT2D eigenvalue weighted by Gasteiger charge is 2.30. The number of aromatic nitrogens is 4. The van der Waals surface area contributed by atoms with Crippen LogP contribution in [-0.4, -0.2) is 52.0 Å². The molecule has 2 unspecified atom stereocenters. The molecule has 1 saturated heterocycles. The Morgan fingerprint density at radius 3 is 2.93 bits per heavy atom. The predicted octanol–water partition coefficient (Wildman–Crippen LogP) is 2.66. The highest BCUT2D eigenvalue weighted by atomic mass is 19.1. The number of anilines is 1. The van der Waals surface area contributed by atoms with Crippen LogP contribution >= 0.6 is 0 Å². The number of ether oxygens (including phenoxy) is 1. The second-order valence-electron chi connectivity index (χ2n) is 7.75. The molecule has 1 aliphatic heterocycles. The van der Waals surface area contributed by atoms with Gasteiger partial charge < -0.3 is 15.4 Å². The molecule has 2 atom stereocenters. The highest BCUT2D eigenvalue weighted by Crippen LogP contribution is 2.43. The van der Waals surface area contributed by atoms with Gasteiger partial charge in [0.25, 0.3) is 0 Å². The molecule has 0 radical (unpaired) electrons. The molecule has 3 aromatic rings. The monoisotopic (exact) mass is 407 g/mol. The lowest BCUT2D eigenvalue weighted by Gasteiger charge is -2.28. The Morgan fingerprint density at radius 2 is 2.20 bits per heavy atom. The van der Waals surface area contributed by atoms with Gasteiger partial charge in [0, 0.05) is 18.5 Å². The molecule has 0 bridgehead atoms. The zero-order valence-electron chi connectivity index (χ0n) is 16.6. The molecule has 2 aliphatic rings. The number of nitrogens with zero attached hydrogens (tertiary/aromatic N) is 5. The Balaban J connectivity index is 1.55. The number of fused-ring (bicyclic) bond motifs is 1. The van der Waals surface area contributed by atoms with Crippen LogP contribution in [0.3, 0.4) is 0 Å². The molecule has 1 saturated carbocycles. The van der Waals surface area contributed by atoms with Crippen LogP contribution in [0.4, 0.5) is 10.2 Å². The lowest BCUT2D eigenvalue weighted by molar-refractivity contribution is 0.241. The summed E-state index contributed by atoms with van der Waals surface area (Å²) in [6, 6.07) is 7.05. The lowest BCUT2D eigenvalue weighted by Crippen LogP contribution is -2.46. The molecule has 1 aliphatic carbocycles. The maximum atomic E-state index is 14.3. The van der Waals surface area contributed by atoms with Crippen molar-refractivity contribution in [2.24, 2.45) is 0 Å². The normalized spacial score (nSPS) is 21.4. The molecule has 2 fully saturated rings. The van der Waals surface area contributed by atoms with E-state index >= 15 is 0 Å². The molecule has 9 heteroatoms. The van der Waals surface area contributed by atoms with Crippen LogP contribution in [0.1, 0.15) is 36.4 Å². The average Bonchev–Trinajstić information content (AvgIpc) is 3.54. The van der Waals surface area contributed by atoms with Crippen LogP contribution in [-0.2, 0) is 0 Å². The van der Waals surface area contributed by atoms with Crippen LogP contribution in [0.25, 0.3) is 17.0 Å². The van der Waals surface area contributed by atoms with Gasteiger partial charge in [0.15, 0.2) is 5.65 Å². The van der Waals surface area contributed by atoms with Crippen molar-refractivity contribution in [2.45, 2.75) is 37.4 Å². The van der Waals surface area contributed by atoms with E-state index in [0.29, 0.717) is 53.8 Å². The second kappa shape index (κ2) is 7.54. The third-order valence-corrected chi connectivity index (χ3v) is 5.67. The van der Waals surface area contributed by atoms with Gasteiger partial charge in [-0.2, -0.15) is 10.4 Å². The first-order chi connectivity index (χ1) is 14.7. The third-order valence-electron chi connectivity index (χ3n) is 5.67. The zero-order valence-corrected chi connectivity index (χ0v) is 16.6. The first-order valence-electron chi connectivity index (χ1n) is 10.1. The minimum absolute atomic E-state index is 0.372. The van der Waals surface area contributed by atoms with Gasteiger partial charge in [-0.25, -0.2) is 18.9 Å². The number of nitrogens with one attached hydrogen (secondary N) is 2. The quantitative estimate of drug-likeness (QED) is 0.671. The van der Waals surface area contributed by atoms with E-state index in [2.05, 4.69) is 26.7 Å². The fourth-order valence-electron chi connectivity index (χ4n) is 3.84. The van der Waals surface area contributed by atoms with E-state index in [1.807, 2.05) is 6.07 Å². The van der Waals surface area contributed by atoms with Crippen molar-refractivity contribution >= 4 is 11.5 Å². The summed E-state index contributed by atoms with van der Waals surface area (Å²) in [5.41, 5.74) is 3.28. The van der Waals surface area contributed by atoms with Crippen molar-refractivity contribution in [3.8, 4) is 23.2 Å². The van der Waals surface area contributed by atoms with Crippen molar-refractivity contribution in [1.82, 2.24) is 24.9 Å². The van der Waals surface area contributed by atoms with Crippen molar-refractivity contribution in [1.29, 1.82) is 5.26 Å². The first kappa shape index (κ1) is 18.8. The molecule has 30 heavy (non-hydrogen) atoms. The van der Waals surface area contributed by atoms with Crippen LogP contribution in [0.5, 0.6) is 5.75 Å². The minimum Gasteiger partial charge on any atom is -0.495 e. The predicted molar refractivity (Wildman–Crippen MR) is 109 cm³/mol. The maximum Gasteiger partial charge on any atom is 0.157 e. The number of hydrogen-bond donors (Lipinski definition) is 2. The van der Waals surface area contributed by atoms with Gasteiger partial charge in [0.2, 0.25) is 0 Å². The van der Waals surface area contributed by atoms with Gasteiger partial charge in [-0.05, 0) is 37.9 Å². The number of pyridine rings is 1. The molecular weight excluding hydrogens is 385 g/mol. The summed E-state index contributed by atoms with van der Waals surface area (Å²) in [5.74, 6) is 1.53. The molecule has 154 valence electrons. The molecule has 8 nitrogen and oxygen atoms in total. The third kappa shape index (κ3) is 3.33. The summed E-state index contributed by atoms with van der Waals surface area (Å²) in [4.78, 5) is 9.09. The molecule has 2 N–H and O–H groups in total. The Bertz CT molecular complexity index is 1130. The number of piperidine rings is 1. The van der Waals surface area contributed by atoms with Gasteiger partial charge in [-0.1, -0.05) is 0 Å². The van der Waals surface area contributed by atoms with Crippen LogP contribution in [0.15, 0.2) is 24.4 Å². The first-order valence-corrected chi connectivity index (χ1v) is 10.1. The average molecular weight is 407 g/mol. The number of alkyl halides is 1. The lowest BCUT2D eigenvalue weighted by atomic mass is 10.1. The van der Waals surface area contributed by atoms with E-state index in [1.54, 1.807) is 30.0 Å². The molecule has 3 aromatic heterocycles. The Labute approximate surface area is 173 Å². The topological polar surface area (TPSA) is 100 Å². The van der Waals surface area contributed by atoms with Gasteiger partial charge in [-0.3, -0.25) is 0 Å². The summed E-state index contributed by atoms with van der Waals surface area (Å²) in [6.07, 6.45) is 3.34. The van der Waals surface area contributed by atoms with Gasteiger partial charge >= 0.3 is 0 Å². The van der Waals surface area contributed by atoms with Gasteiger partial charge in [0.1, 0.15) is 35.2 Å². The number of hydrogen-bond acceptors (Lipinski definition) is 7. The van der Waals surface area contributed by atoms with Crippen LogP contribution in [0.2, 0.25) is 0 Å². The molecule has 4 heterocycles. The van der Waals surface area contributed by atoms with Crippen LogP contribution < -0.4 is 15.4 Å². The SMILES string of the molecule is COc1cc2ncc(-c3ccc(C#N)c(NC4CNCCC4F)n3)n2nc1C1CC1. The number of rotatable bonds is 5. The van der Waals surface area contributed by atoms with E-state index in [0.717, 1.165) is 24.3 Å². The Morgan fingerprint density at radius 1 is 1.33 bits per heavy atom. The van der Waals surface area contributed by atoms with Gasteiger partial charge in [0.05, 0.1) is 30.6 Å². The molecule has 0 aromatic carbocycles. The van der Waals surface area contributed by atoms with E-state index in [1.165, 1.54) is 0 Å². The molecule has 0 amide bonds. The second-order valence-corrected chi connectivity index (χ2v) is 7.75. The number of nitriles is 1. The van der Waals surface area contributed by atoms with Gasteiger partial charge in [-0.15, -0.1) is 0 Å². The summed E-state index contributed by atoms with van der Waals surface area (Å²) >= 11 is 0. The Hall–Kier alpha value is -3.25. The summed E-state index contributed by atoms with van der Waals surface area (Å²) in [6.45, 7) is 1.14. The fourth-order valence-corrected chi connectivity index (χ4v) is 3.84. The van der Waals surface area contributed by atoms with Crippen molar-refractivity contribution in [3.05, 3.63) is 35.7 Å².